The van der Waals surface area contributed by atoms with Gasteiger partial charge in [-0.15, -0.1) is 0 Å². The fourth-order valence-corrected chi connectivity index (χ4v) is 7.40. The van der Waals surface area contributed by atoms with E-state index < -0.39 is 21.1 Å². The van der Waals surface area contributed by atoms with Gasteiger partial charge in [-0.2, -0.15) is 0 Å². The fraction of sp³-hybridized carbons (Fsp3) is 0.765. The minimum atomic E-state index is -0.899. The quantitative estimate of drug-likeness (QED) is 0.506. The summed E-state index contributed by atoms with van der Waals surface area (Å²) in [6.45, 7) is 6.80. The first-order chi connectivity index (χ1) is 10.2. The average Bonchev–Trinajstić information content (AvgIpc) is 2.51. The Morgan fingerprint density at radius 3 is 1.71 bits per heavy atom. The Labute approximate surface area is 139 Å². The molecule has 1 aromatic rings. The Kier molecular flexibility index (Phi) is 9.45. The van der Waals surface area contributed by atoms with Gasteiger partial charge in [-0.25, -0.2) is 0 Å². The van der Waals surface area contributed by atoms with Crippen molar-refractivity contribution in [3.63, 3.8) is 0 Å². The number of halogens is 1. The summed E-state index contributed by atoms with van der Waals surface area (Å²) in [7, 11) is 0. The molecule has 0 unspecified atom stereocenters. The molecule has 21 heavy (non-hydrogen) atoms. The third-order valence-electron chi connectivity index (χ3n) is 4.02. The molecular weight excluding hydrogens is 370 g/mol. The monoisotopic (exact) mass is 400 g/mol. The Hall–Kier alpha value is -0.191. The molecule has 0 amide bonds. The van der Waals surface area contributed by atoms with Gasteiger partial charge in [0.05, 0.1) is 0 Å². The SMILES string of the molecule is CCCC[C](CCCC)(CCCC)[Sn][c]1ncc(F)cn1. The zero-order valence-corrected chi connectivity index (χ0v) is 16.6. The third-order valence-corrected chi connectivity index (χ3v) is 9.05. The van der Waals surface area contributed by atoms with E-state index in [0.29, 0.717) is 3.43 Å². The van der Waals surface area contributed by atoms with Gasteiger partial charge < -0.3 is 0 Å². The molecule has 0 spiro atoms. The van der Waals surface area contributed by atoms with Crippen LogP contribution >= 0.6 is 0 Å². The van der Waals surface area contributed by atoms with Gasteiger partial charge in [0.1, 0.15) is 0 Å². The summed E-state index contributed by atoms with van der Waals surface area (Å²) in [4.78, 5) is 8.55. The van der Waals surface area contributed by atoms with Crippen molar-refractivity contribution < 1.29 is 4.39 Å². The van der Waals surface area contributed by atoms with Gasteiger partial charge in [-0.05, 0) is 0 Å². The topological polar surface area (TPSA) is 25.8 Å². The van der Waals surface area contributed by atoms with Crippen LogP contribution in [0.15, 0.2) is 12.4 Å². The van der Waals surface area contributed by atoms with Crippen LogP contribution < -0.4 is 3.84 Å². The molecule has 0 fully saturated rings. The molecule has 0 aromatic carbocycles. The van der Waals surface area contributed by atoms with Crippen LogP contribution in [-0.2, 0) is 0 Å². The standard InChI is InChI=1S/C13H27.C4H2FN2.Sn/c1-4-7-10-13(11-8-5-2)12-9-6-3;5-4-1-6-3-7-2-4;/h4-12H2,1-3H3;1-2H;. The molecule has 0 aliphatic carbocycles. The van der Waals surface area contributed by atoms with Crippen LogP contribution in [0.25, 0.3) is 0 Å². The second kappa shape index (κ2) is 10.5. The predicted octanol–water partition coefficient (Wildman–Crippen LogP) is 4.67. The van der Waals surface area contributed by atoms with Crippen LogP contribution in [0.4, 0.5) is 4.39 Å². The van der Waals surface area contributed by atoms with Gasteiger partial charge in [0.15, 0.2) is 0 Å². The average molecular weight is 399 g/mol. The molecule has 2 radical (unpaired) electrons. The van der Waals surface area contributed by atoms with Crippen LogP contribution in [-0.4, -0.2) is 31.1 Å². The number of hydrogen-bond acceptors (Lipinski definition) is 2. The van der Waals surface area contributed by atoms with E-state index in [4.69, 9.17) is 0 Å². The molecule has 2 nitrogen and oxygen atoms in total. The van der Waals surface area contributed by atoms with Crippen LogP contribution in [0.2, 0.25) is 3.43 Å². The molecule has 0 aliphatic heterocycles. The van der Waals surface area contributed by atoms with Crippen LogP contribution in [0, 0.1) is 5.82 Å². The molecule has 118 valence electrons. The summed E-state index contributed by atoms with van der Waals surface area (Å²) in [5.41, 5.74) is 0. The zero-order chi connectivity index (χ0) is 15.6. The summed E-state index contributed by atoms with van der Waals surface area (Å²) < 4.78 is 14.5. The summed E-state index contributed by atoms with van der Waals surface area (Å²) in [5.74, 6) is -0.320. The van der Waals surface area contributed by atoms with Gasteiger partial charge >= 0.3 is 140 Å². The number of unbranched alkanes of at least 4 members (excludes halogenated alkanes) is 3. The fourth-order valence-electron chi connectivity index (χ4n) is 2.72. The van der Waals surface area contributed by atoms with Gasteiger partial charge in [0.25, 0.3) is 0 Å². The van der Waals surface area contributed by atoms with E-state index in [-0.39, 0.29) is 5.82 Å². The summed E-state index contributed by atoms with van der Waals surface area (Å²) in [6, 6.07) is 0. The van der Waals surface area contributed by atoms with E-state index in [9.17, 15) is 4.39 Å². The zero-order valence-electron chi connectivity index (χ0n) is 13.8. The van der Waals surface area contributed by atoms with Crippen molar-refractivity contribution >= 4 is 25.0 Å². The second-order valence-corrected chi connectivity index (χ2v) is 11.0. The normalized spacial score (nSPS) is 11.8. The number of nitrogens with zero attached hydrogens (tertiary/aromatic N) is 2. The Bertz CT molecular complexity index is 359. The first-order valence-electron chi connectivity index (χ1n) is 8.41. The minimum absolute atomic E-state index is 0.320. The number of hydrogen-bond donors (Lipinski definition) is 0. The van der Waals surface area contributed by atoms with E-state index in [0.717, 1.165) is 3.84 Å². The molecule has 0 saturated heterocycles. The van der Waals surface area contributed by atoms with Gasteiger partial charge in [0, 0.05) is 0 Å². The molecule has 0 saturated carbocycles. The Balaban J connectivity index is 2.85. The Morgan fingerprint density at radius 1 is 0.905 bits per heavy atom. The maximum atomic E-state index is 13.0. The van der Waals surface area contributed by atoms with Crippen molar-refractivity contribution in [1.82, 2.24) is 9.97 Å². The van der Waals surface area contributed by atoms with E-state index in [1.54, 1.807) is 0 Å². The van der Waals surface area contributed by atoms with E-state index in [1.807, 2.05) is 0 Å². The molecule has 0 atom stereocenters. The van der Waals surface area contributed by atoms with Crippen molar-refractivity contribution in [2.24, 2.45) is 0 Å². The van der Waals surface area contributed by atoms with E-state index in [1.165, 1.54) is 70.2 Å². The van der Waals surface area contributed by atoms with Crippen molar-refractivity contribution in [3.8, 4) is 0 Å². The summed E-state index contributed by atoms with van der Waals surface area (Å²) >= 11 is -0.899. The molecule has 1 rings (SSSR count). The summed E-state index contributed by atoms with van der Waals surface area (Å²) in [6.07, 6.45) is 14.3. The summed E-state index contributed by atoms with van der Waals surface area (Å²) in [5, 5.41) is 0. The molecule has 1 heterocycles. The van der Waals surface area contributed by atoms with E-state index >= 15 is 0 Å². The van der Waals surface area contributed by atoms with Crippen molar-refractivity contribution in [2.45, 2.75) is 82.0 Å². The van der Waals surface area contributed by atoms with E-state index in [2.05, 4.69) is 30.7 Å². The number of rotatable bonds is 11. The van der Waals surface area contributed by atoms with Gasteiger partial charge in [0.2, 0.25) is 0 Å². The molecule has 0 aliphatic rings. The number of aromatic nitrogens is 2. The van der Waals surface area contributed by atoms with Crippen molar-refractivity contribution in [1.29, 1.82) is 0 Å². The maximum absolute atomic E-state index is 13.0. The van der Waals surface area contributed by atoms with Crippen LogP contribution in [0.1, 0.15) is 78.6 Å². The molecular formula is C17H29FN2Sn. The molecule has 1 aromatic heterocycles. The van der Waals surface area contributed by atoms with Crippen molar-refractivity contribution in [2.75, 3.05) is 0 Å². The van der Waals surface area contributed by atoms with Crippen LogP contribution in [0.5, 0.6) is 0 Å². The first kappa shape index (κ1) is 18.9. The molecule has 0 bridgehead atoms. The van der Waals surface area contributed by atoms with Crippen molar-refractivity contribution in [3.05, 3.63) is 18.2 Å². The predicted molar refractivity (Wildman–Crippen MR) is 88.6 cm³/mol. The molecule has 0 N–H and O–H groups in total. The Morgan fingerprint density at radius 2 is 1.33 bits per heavy atom. The first-order valence-corrected chi connectivity index (χ1v) is 11.3. The second-order valence-electron chi connectivity index (χ2n) is 5.94. The van der Waals surface area contributed by atoms with Gasteiger partial charge in [-0.1, -0.05) is 0 Å². The van der Waals surface area contributed by atoms with Gasteiger partial charge in [-0.3, -0.25) is 0 Å². The third kappa shape index (κ3) is 7.07. The molecule has 4 heteroatoms. The van der Waals surface area contributed by atoms with Crippen LogP contribution in [0.3, 0.4) is 0 Å².